The highest BCUT2D eigenvalue weighted by Crippen LogP contribution is 2.31. The van der Waals surface area contributed by atoms with Gasteiger partial charge in [-0.15, -0.1) is 0 Å². The zero-order valence-electron chi connectivity index (χ0n) is 22.0. The van der Waals surface area contributed by atoms with Gasteiger partial charge in [-0.2, -0.15) is 0 Å². The van der Waals surface area contributed by atoms with E-state index in [2.05, 4.69) is 51.3 Å². The summed E-state index contributed by atoms with van der Waals surface area (Å²) in [6.07, 6.45) is 4.13. The number of nitrogens with two attached hydrogens (primary N) is 1. The molecule has 6 rings (SSSR count). The molecule has 0 unspecified atom stereocenters. The number of benzene rings is 2. The fourth-order valence-corrected chi connectivity index (χ4v) is 4.68. The van der Waals surface area contributed by atoms with Crippen molar-refractivity contribution in [3.63, 3.8) is 0 Å². The first-order valence-electron chi connectivity index (χ1n) is 13.3. The van der Waals surface area contributed by atoms with Crippen molar-refractivity contribution < 1.29 is 4.74 Å². The molecule has 1 aliphatic rings. The third-order valence-corrected chi connectivity index (χ3v) is 6.62. The Bertz CT molecular complexity index is 1470. The molecule has 0 spiro atoms. The Morgan fingerprint density at radius 1 is 0.895 bits per heavy atom. The van der Waals surface area contributed by atoms with E-state index >= 15 is 0 Å². The fraction of sp³-hybridized carbons (Fsp3) is 0.258. The highest BCUT2D eigenvalue weighted by atomic mass is 16.5. The molecular weight excluding hydrogens is 472 g/mol. The van der Waals surface area contributed by atoms with E-state index in [9.17, 15) is 0 Å². The van der Waals surface area contributed by atoms with Gasteiger partial charge in [0.15, 0.2) is 11.5 Å². The molecule has 0 saturated carbocycles. The highest BCUT2D eigenvalue weighted by molar-refractivity contribution is 5.84. The Morgan fingerprint density at radius 3 is 2.39 bits per heavy atom. The predicted molar refractivity (Wildman–Crippen MR) is 154 cm³/mol. The van der Waals surface area contributed by atoms with Crippen molar-refractivity contribution in [2.24, 2.45) is 0 Å². The molecule has 0 bridgehead atoms. The van der Waals surface area contributed by atoms with Crippen LogP contribution in [0.1, 0.15) is 32.3 Å². The summed E-state index contributed by atoms with van der Waals surface area (Å²) in [6.45, 7) is 6.65. The van der Waals surface area contributed by atoms with Crippen LogP contribution in [0.3, 0.4) is 0 Å². The first kappa shape index (κ1) is 25.6. The first-order valence-corrected chi connectivity index (χ1v) is 13.3. The Balaban J connectivity index is 0.00000144. The lowest BCUT2D eigenvalue weighted by molar-refractivity contribution is 0.0212. The molecule has 0 amide bonds. The van der Waals surface area contributed by atoms with Gasteiger partial charge in [0.2, 0.25) is 0 Å². The fourth-order valence-electron chi connectivity index (χ4n) is 4.68. The van der Waals surface area contributed by atoms with E-state index < -0.39 is 0 Å². The Hall–Kier alpha value is -4.07. The van der Waals surface area contributed by atoms with Crippen LogP contribution in [0.15, 0.2) is 85.1 Å². The summed E-state index contributed by atoms with van der Waals surface area (Å²) in [7, 11) is 0. The van der Waals surface area contributed by atoms with Gasteiger partial charge in [0, 0.05) is 17.4 Å². The monoisotopic (exact) mass is 506 g/mol. The maximum absolute atomic E-state index is 6.27. The van der Waals surface area contributed by atoms with Crippen molar-refractivity contribution in [1.82, 2.24) is 24.8 Å². The number of hydrogen-bond donors (Lipinski definition) is 2. The van der Waals surface area contributed by atoms with Gasteiger partial charge >= 0.3 is 0 Å². The molecule has 1 aliphatic heterocycles. The third kappa shape index (κ3) is 5.44. The number of piperidine rings is 1. The molecule has 3 aromatic heterocycles. The topological polar surface area (TPSA) is 90.9 Å². The lowest BCUT2D eigenvalue weighted by Crippen LogP contribution is -2.32. The van der Waals surface area contributed by atoms with E-state index in [0.717, 1.165) is 65.2 Å². The van der Waals surface area contributed by atoms with E-state index in [1.54, 1.807) is 6.20 Å². The Morgan fingerprint density at radius 2 is 1.66 bits per heavy atom. The molecule has 194 valence electrons. The number of fused-ring (bicyclic) bond motifs is 1. The summed E-state index contributed by atoms with van der Waals surface area (Å²) in [5.74, 6) is 1.15. The zero-order chi connectivity index (χ0) is 26.3. The summed E-state index contributed by atoms with van der Waals surface area (Å²) < 4.78 is 8.21. The van der Waals surface area contributed by atoms with Crippen molar-refractivity contribution in [3.05, 3.63) is 90.6 Å². The number of pyridine rings is 2. The number of aromatic nitrogens is 4. The van der Waals surface area contributed by atoms with Crippen molar-refractivity contribution >= 4 is 17.0 Å². The molecule has 7 heteroatoms. The second-order valence-corrected chi connectivity index (χ2v) is 9.04. The molecule has 0 radical (unpaired) electrons. The van der Waals surface area contributed by atoms with Gasteiger partial charge in [-0.05, 0) is 67.9 Å². The lowest BCUT2D eigenvalue weighted by Gasteiger charge is -2.23. The van der Waals surface area contributed by atoms with Gasteiger partial charge in [0.25, 0.3) is 0 Å². The van der Waals surface area contributed by atoms with Gasteiger partial charge in [-0.3, -0.25) is 4.57 Å². The predicted octanol–water partition coefficient (Wildman–Crippen LogP) is 6.03. The molecule has 2 aromatic carbocycles. The summed E-state index contributed by atoms with van der Waals surface area (Å²) in [5.41, 5.74) is 12.7. The van der Waals surface area contributed by atoms with Crippen LogP contribution in [-0.2, 0) is 11.3 Å². The molecule has 1 fully saturated rings. The van der Waals surface area contributed by atoms with Crippen LogP contribution < -0.4 is 11.1 Å². The normalized spacial score (nSPS) is 13.7. The molecule has 5 aromatic rings. The maximum atomic E-state index is 6.27. The van der Waals surface area contributed by atoms with Gasteiger partial charge in [0.05, 0.1) is 24.0 Å². The number of nitrogen functional groups attached to an aromatic ring is 1. The van der Waals surface area contributed by atoms with Gasteiger partial charge in [-0.25, -0.2) is 15.0 Å². The number of imidazole rings is 1. The molecule has 1 saturated heterocycles. The summed E-state index contributed by atoms with van der Waals surface area (Å²) >= 11 is 0. The van der Waals surface area contributed by atoms with Gasteiger partial charge in [-0.1, -0.05) is 56.3 Å². The van der Waals surface area contributed by atoms with E-state index in [1.807, 2.05) is 56.3 Å². The minimum atomic E-state index is 0.323. The van der Waals surface area contributed by atoms with E-state index in [-0.39, 0.29) is 0 Å². The largest absolute Gasteiger partial charge is 0.383 e. The maximum Gasteiger partial charge on any atom is 0.165 e. The van der Waals surface area contributed by atoms with Crippen molar-refractivity contribution in [2.75, 3.05) is 18.8 Å². The SMILES string of the molecule is CC.Nc1ncccc1-c1nc2ccc(-c3ccccc3)nc2n1-c1ccc(COC2CCNCC2)cc1. The van der Waals surface area contributed by atoms with Crippen LogP contribution in [-0.4, -0.2) is 38.7 Å². The third-order valence-electron chi connectivity index (χ3n) is 6.62. The second-order valence-electron chi connectivity index (χ2n) is 9.04. The summed E-state index contributed by atoms with van der Waals surface area (Å²) in [5, 5.41) is 3.38. The minimum absolute atomic E-state index is 0.323. The average molecular weight is 507 g/mol. The summed E-state index contributed by atoms with van der Waals surface area (Å²) in [4.78, 5) is 14.2. The molecule has 4 heterocycles. The Labute approximate surface area is 223 Å². The smallest absolute Gasteiger partial charge is 0.165 e. The summed E-state index contributed by atoms with van der Waals surface area (Å²) in [6, 6.07) is 26.4. The molecule has 0 atom stereocenters. The van der Waals surface area contributed by atoms with Gasteiger partial charge < -0.3 is 15.8 Å². The molecule has 3 N–H and O–H groups in total. The van der Waals surface area contributed by atoms with Gasteiger partial charge in [0.1, 0.15) is 11.3 Å². The molecule has 38 heavy (non-hydrogen) atoms. The van der Waals surface area contributed by atoms with Crippen molar-refractivity contribution in [1.29, 1.82) is 0 Å². The lowest BCUT2D eigenvalue weighted by atomic mass is 10.1. The quantitative estimate of drug-likeness (QED) is 0.292. The van der Waals surface area contributed by atoms with Crippen LogP contribution in [0.25, 0.3) is 39.5 Å². The van der Waals surface area contributed by atoms with Crippen LogP contribution >= 0.6 is 0 Å². The van der Waals surface area contributed by atoms with Crippen LogP contribution in [0, 0.1) is 0 Å². The molecular formula is C31H34N6O. The second kappa shape index (κ2) is 12.0. The van der Waals surface area contributed by atoms with Crippen LogP contribution in [0.2, 0.25) is 0 Å². The number of nitrogens with zero attached hydrogens (tertiary/aromatic N) is 4. The minimum Gasteiger partial charge on any atom is -0.383 e. The number of ether oxygens (including phenoxy) is 1. The number of rotatable bonds is 6. The first-order chi connectivity index (χ1) is 18.8. The van der Waals surface area contributed by atoms with E-state index in [1.165, 1.54) is 0 Å². The average Bonchev–Trinajstić information content (AvgIpc) is 3.37. The zero-order valence-corrected chi connectivity index (χ0v) is 22.0. The van der Waals surface area contributed by atoms with E-state index in [0.29, 0.717) is 24.4 Å². The molecule has 0 aliphatic carbocycles. The molecule has 7 nitrogen and oxygen atoms in total. The standard InChI is InChI=1S/C29H28N6O.C2H6/c30-27-24(7-4-16-32-27)28-34-26-13-12-25(21-5-2-1-3-6-21)33-29(26)35(28)22-10-8-20(9-11-22)19-36-23-14-17-31-18-15-23;1-2/h1-13,16,23,31H,14-15,17-19H2,(H2,30,32);1-2H3. The highest BCUT2D eigenvalue weighted by Gasteiger charge is 2.19. The van der Waals surface area contributed by atoms with Crippen molar-refractivity contribution in [3.8, 4) is 28.3 Å². The van der Waals surface area contributed by atoms with Crippen LogP contribution in [0.4, 0.5) is 5.82 Å². The van der Waals surface area contributed by atoms with E-state index in [4.69, 9.17) is 20.4 Å². The van der Waals surface area contributed by atoms with Crippen LogP contribution in [0.5, 0.6) is 0 Å². The Kier molecular flexibility index (Phi) is 8.06. The number of anilines is 1. The number of nitrogens with one attached hydrogen (secondary N) is 1. The van der Waals surface area contributed by atoms with Crippen molar-refractivity contribution in [2.45, 2.75) is 39.4 Å². The number of hydrogen-bond acceptors (Lipinski definition) is 6.